The molecule has 0 atom stereocenters. The average Bonchev–Trinajstić information content (AvgIpc) is 2.58. The van der Waals surface area contributed by atoms with Crippen molar-refractivity contribution in [3.63, 3.8) is 0 Å². The van der Waals surface area contributed by atoms with Crippen molar-refractivity contribution >= 4 is 37.8 Å². The first kappa shape index (κ1) is 29.4. The van der Waals surface area contributed by atoms with Crippen molar-refractivity contribution < 1.29 is 13.6 Å². The SMILES string of the molecule is CC(C)(C)c1cc2c(c(C(C)(C)C)c1)O[P+](=O)Oc1c(cc(C(C)(C)C)cc1C(C)(C)C)C2.[Na]. The fourth-order valence-corrected chi connectivity index (χ4v) is 4.98. The fraction of sp³-hybridized carbons (Fsp3) is 0.586. The second-order valence-corrected chi connectivity index (χ2v) is 14.4. The van der Waals surface area contributed by atoms with Gasteiger partial charge in [0.05, 0.1) is 0 Å². The Hall–Kier alpha value is -0.860. The van der Waals surface area contributed by atoms with Crippen LogP contribution in [0.25, 0.3) is 0 Å². The van der Waals surface area contributed by atoms with Crippen LogP contribution in [0, 0.1) is 0 Å². The van der Waals surface area contributed by atoms with E-state index in [-0.39, 0.29) is 51.2 Å². The molecule has 1 heterocycles. The van der Waals surface area contributed by atoms with E-state index in [2.05, 4.69) is 107 Å². The van der Waals surface area contributed by atoms with Gasteiger partial charge in [0.2, 0.25) is 0 Å². The van der Waals surface area contributed by atoms with Gasteiger partial charge in [0.25, 0.3) is 0 Å². The molecular formula is C29H42NaO3P+. The van der Waals surface area contributed by atoms with Crippen LogP contribution in [0.15, 0.2) is 24.3 Å². The molecule has 0 amide bonds. The van der Waals surface area contributed by atoms with E-state index in [1.54, 1.807) is 0 Å². The van der Waals surface area contributed by atoms with E-state index >= 15 is 0 Å². The first-order valence-electron chi connectivity index (χ1n) is 12.0. The Morgan fingerprint density at radius 2 is 0.912 bits per heavy atom. The molecule has 0 aromatic heterocycles. The van der Waals surface area contributed by atoms with Gasteiger partial charge in [0.1, 0.15) is 0 Å². The Bertz CT molecular complexity index is 1010. The van der Waals surface area contributed by atoms with Gasteiger partial charge in [0, 0.05) is 62.8 Å². The quantitative estimate of drug-likeness (QED) is 0.273. The summed E-state index contributed by atoms with van der Waals surface area (Å²) < 4.78 is 25.3. The minimum absolute atomic E-state index is 0. The van der Waals surface area contributed by atoms with Gasteiger partial charge in [-0.1, -0.05) is 107 Å². The molecule has 1 aliphatic heterocycles. The number of fused-ring (bicyclic) bond motifs is 2. The largest absolute Gasteiger partial charge is 0.805 e. The third-order valence-corrected chi connectivity index (χ3v) is 7.06. The summed E-state index contributed by atoms with van der Waals surface area (Å²) in [6.07, 6.45) is 0.674. The number of hydrogen-bond donors (Lipinski definition) is 0. The number of hydrogen-bond acceptors (Lipinski definition) is 3. The van der Waals surface area contributed by atoms with Crippen molar-refractivity contribution in [2.75, 3.05) is 0 Å². The first-order chi connectivity index (χ1) is 14.8. The van der Waals surface area contributed by atoms with Crippen LogP contribution < -0.4 is 9.05 Å². The van der Waals surface area contributed by atoms with Crippen LogP contribution in [0.5, 0.6) is 11.5 Å². The van der Waals surface area contributed by atoms with Crippen LogP contribution in [-0.4, -0.2) is 29.6 Å². The van der Waals surface area contributed by atoms with Gasteiger partial charge in [-0.25, -0.2) is 9.05 Å². The Morgan fingerprint density at radius 3 is 1.18 bits per heavy atom. The van der Waals surface area contributed by atoms with E-state index in [0.717, 1.165) is 22.3 Å². The van der Waals surface area contributed by atoms with Crippen LogP contribution in [0.2, 0.25) is 0 Å². The van der Waals surface area contributed by atoms with Gasteiger partial charge in [-0.05, 0) is 32.8 Å². The van der Waals surface area contributed by atoms with Crippen molar-refractivity contribution in [2.45, 2.75) is 111 Å². The molecule has 1 aliphatic rings. The third-order valence-electron chi connectivity index (χ3n) is 6.39. The summed E-state index contributed by atoms with van der Waals surface area (Å²) in [7, 11) is -2.36. The summed E-state index contributed by atoms with van der Waals surface area (Å²) in [4.78, 5) is 0. The molecule has 0 aliphatic carbocycles. The molecule has 2 aromatic carbocycles. The molecular weight excluding hydrogens is 450 g/mol. The van der Waals surface area contributed by atoms with Gasteiger partial charge >= 0.3 is 8.25 Å². The summed E-state index contributed by atoms with van der Waals surface area (Å²) >= 11 is 0. The molecule has 0 bridgehead atoms. The summed E-state index contributed by atoms with van der Waals surface area (Å²) in [5.41, 5.74) is 6.47. The topological polar surface area (TPSA) is 35.5 Å². The smallest absolute Gasteiger partial charge is 0.222 e. The maximum atomic E-state index is 13.2. The van der Waals surface area contributed by atoms with Crippen LogP contribution in [0.1, 0.15) is 116 Å². The summed E-state index contributed by atoms with van der Waals surface area (Å²) in [5, 5.41) is 0. The van der Waals surface area contributed by atoms with Crippen molar-refractivity contribution in [3.05, 3.63) is 57.6 Å². The van der Waals surface area contributed by atoms with Crippen LogP contribution in [-0.2, 0) is 32.6 Å². The standard InChI is InChI=1S/C29H42O3P.Na/c1-26(2,3)20-14-18-13-19-15-21(27(4,5)6)17-23(29(10,11)12)25(19)32-33(30)31-24(18)22(16-20)28(7,8)9;/h14-17H,13H2,1-12H3;/q+1;. The molecule has 1 radical (unpaired) electrons. The summed E-state index contributed by atoms with van der Waals surface area (Å²) in [5.74, 6) is 1.42. The van der Waals surface area contributed by atoms with E-state index in [1.807, 2.05) is 0 Å². The molecule has 34 heavy (non-hydrogen) atoms. The average molecular weight is 493 g/mol. The normalized spacial score (nSPS) is 14.6. The van der Waals surface area contributed by atoms with E-state index in [4.69, 9.17) is 9.05 Å². The third kappa shape index (κ3) is 6.28. The van der Waals surface area contributed by atoms with Gasteiger partial charge < -0.3 is 0 Å². The predicted octanol–water partition coefficient (Wildman–Crippen LogP) is 8.52. The van der Waals surface area contributed by atoms with E-state index in [9.17, 15) is 4.57 Å². The molecule has 3 nitrogen and oxygen atoms in total. The van der Waals surface area contributed by atoms with Crippen LogP contribution in [0.3, 0.4) is 0 Å². The molecule has 0 N–H and O–H groups in total. The van der Waals surface area contributed by atoms with Crippen LogP contribution in [0.4, 0.5) is 0 Å². The monoisotopic (exact) mass is 492 g/mol. The van der Waals surface area contributed by atoms with E-state index in [1.165, 1.54) is 11.1 Å². The summed E-state index contributed by atoms with van der Waals surface area (Å²) in [6.45, 7) is 26.5. The van der Waals surface area contributed by atoms with Gasteiger partial charge in [-0.3, -0.25) is 0 Å². The predicted molar refractivity (Wildman–Crippen MR) is 145 cm³/mol. The van der Waals surface area contributed by atoms with E-state index in [0.29, 0.717) is 17.9 Å². The molecule has 0 fully saturated rings. The molecule has 0 spiro atoms. The Kier molecular flexibility index (Phi) is 8.25. The Balaban J connectivity index is 0.00000408. The minimum Gasteiger partial charge on any atom is -0.222 e. The first-order valence-corrected chi connectivity index (χ1v) is 13.1. The van der Waals surface area contributed by atoms with Crippen LogP contribution >= 0.6 is 8.25 Å². The minimum atomic E-state index is -2.36. The summed E-state index contributed by atoms with van der Waals surface area (Å²) in [6, 6.07) is 8.92. The van der Waals surface area contributed by atoms with Gasteiger partial charge in [-0.2, -0.15) is 0 Å². The molecule has 0 saturated heterocycles. The van der Waals surface area contributed by atoms with Gasteiger partial charge in [-0.15, -0.1) is 0 Å². The maximum Gasteiger partial charge on any atom is 0.805 e. The second-order valence-electron chi connectivity index (χ2n) is 13.6. The molecule has 0 unspecified atom stereocenters. The molecule has 181 valence electrons. The Morgan fingerprint density at radius 1 is 0.588 bits per heavy atom. The van der Waals surface area contributed by atoms with Crippen molar-refractivity contribution in [3.8, 4) is 11.5 Å². The zero-order valence-electron chi connectivity index (χ0n) is 23.7. The molecule has 3 rings (SSSR count). The molecule has 5 heteroatoms. The fourth-order valence-electron chi connectivity index (χ4n) is 4.21. The maximum absolute atomic E-state index is 13.2. The zero-order chi connectivity index (χ0) is 25.1. The van der Waals surface area contributed by atoms with Gasteiger partial charge in [0.15, 0.2) is 11.5 Å². The second kappa shape index (κ2) is 9.55. The Labute approximate surface area is 230 Å². The van der Waals surface area contributed by atoms with E-state index < -0.39 is 8.25 Å². The van der Waals surface area contributed by atoms with Crippen molar-refractivity contribution in [1.29, 1.82) is 0 Å². The zero-order valence-corrected chi connectivity index (χ0v) is 26.6. The van der Waals surface area contributed by atoms with Crippen molar-refractivity contribution in [2.24, 2.45) is 0 Å². The number of rotatable bonds is 0. The molecule has 2 aromatic rings. The molecule has 0 saturated carbocycles. The number of benzene rings is 2. The van der Waals surface area contributed by atoms with Crippen molar-refractivity contribution in [1.82, 2.24) is 0 Å².